The predicted molar refractivity (Wildman–Crippen MR) is 65.9 cm³/mol. The number of carbonyl (C=O) groups is 1. The molecule has 1 aromatic carbocycles. The normalized spacial score (nSPS) is 24.6. The van der Waals surface area contributed by atoms with Gasteiger partial charge in [0, 0.05) is 10.8 Å². The predicted octanol–water partition coefficient (Wildman–Crippen LogP) is 2.44. The van der Waals surface area contributed by atoms with Gasteiger partial charge in [-0.25, -0.2) is 0 Å². The quantitative estimate of drug-likeness (QED) is 0.855. The first-order valence-electron chi connectivity index (χ1n) is 4.94. The third-order valence-corrected chi connectivity index (χ3v) is 4.08. The Morgan fingerprint density at radius 1 is 1.62 bits per heavy atom. The van der Waals surface area contributed by atoms with Crippen LogP contribution in [0, 0.1) is 6.92 Å². The highest BCUT2D eigenvalue weighted by Gasteiger charge is 2.30. The molecule has 1 fully saturated rings. The molecule has 3 nitrogen and oxygen atoms in total. The van der Waals surface area contributed by atoms with E-state index in [0.717, 1.165) is 11.1 Å². The molecule has 5 heteroatoms. The molecule has 2 atom stereocenters. The summed E-state index contributed by atoms with van der Waals surface area (Å²) >= 11 is 7.50. The minimum absolute atomic E-state index is 0.0540. The zero-order valence-electron chi connectivity index (χ0n) is 8.74. The van der Waals surface area contributed by atoms with E-state index < -0.39 is 12.0 Å². The number of benzene rings is 1. The number of thioether (sulfide) groups is 1. The fraction of sp³-hybridized carbons (Fsp3) is 0.364. The first kappa shape index (κ1) is 11.8. The molecule has 86 valence electrons. The molecule has 1 aliphatic rings. The Kier molecular flexibility index (Phi) is 3.42. The summed E-state index contributed by atoms with van der Waals surface area (Å²) in [4.78, 5) is 10.8. The van der Waals surface area contributed by atoms with E-state index in [4.69, 9.17) is 16.7 Å². The van der Waals surface area contributed by atoms with E-state index in [9.17, 15) is 4.79 Å². The van der Waals surface area contributed by atoms with Crippen molar-refractivity contribution in [1.29, 1.82) is 0 Å². The molecule has 16 heavy (non-hydrogen) atoms. The van der Waals surface area contributed by atoms with E-state index in [2.05, 4.69) is 5.32 Å². The second kappa shape index (κ2) is 4.65. The topological polar surface area (TPSA) is 49.3 Å². The molecule has 0 bridgehead atoms. The smallest absolute Gasteiger partial charge is 0.321 e. The van der Waals surface area contributed by atoms with Crippen molar-refractivity contribution in [3.8, 4) is 0 Å². The molecule has 0 saturated carbocycles. The van der Waals surface area contributed by atoms with E-state index in [0.29, 0.717) is 10.8 Å². The van der Waals surface area contributed by atoms with Crippen molar-refractivity contribution in [3.63, 3.8) is 0 Å². The summed E-state index contributed by atoms with van der Waals surface area (Å²) in [7, 11) is 0. The number of hydrogen-bond donors (Lipinski definition) is 2. The van der Waals surface area contributed by atoms with Gasteiger partial charge in [-0.3, -0.25) is 10.1 Å². The number of aryl methyl sites for hydroxylation is 1. The van der Waals surface area contributed by atoms with Crippen LogP contribution < -0.4 is 5.32 Å². The number of halogens is 1. The fourth-order valence-electron chi connectivity index (χ4n) is 1.73. The molecule has 0 radical (unpaired) electrons. The van der Waals surface area contributed by atoms with E-state index in [1.54, 1.807) is 11.8 Å². The Morgan fingerprint density at radius 2 is 2.38 bits per heavy atom. The second-order valence-corrected chi connectivity index (χ2v) is 5.35. The van der Waals surface area contributed by atoms with Gasteiger partial charge in [0.05, 0.1) is 5.37 Å². The van der Waals surface area contributed by atoms with Crippen LogP contribution in [-0.2, 0) is 4.79 Å². The van der Waals surface area contributed by atoms with Crippen LogP contribution in [0.2, 0.25) is 5.02 Å². The summed E-state index contributed by atoms with van der Waals surface area (Å²) in [6, 6.07) is 5.23. The van der Waals surface area contributed by atoms with Crippen molar-refractivity contribution < 1.29 is 9.90 Å². The highest BCUT2D eigenvalue weighted by molar-refractivity contribution is 7.99. The van der Waals surface area contributed by atoms with Crippen LogP contribution in [0.4, 0.5) is 0 Å². The molecule has 0 aromatic heterocycles. The zero-order valence-corrected chi connectivity index (χ0v) is 10.3. The van der Waals surface area contributed by atoms with Gasteiger partial charge in [-0.05, 0) is 30.2 Å². The Morgan fingerprint density at radius 3 is 2.94 bits per heavy atom. The molecule has 1 aromatic rings. The second-order valence-electron chi connectivity index (χ2n) is 3.77. The summed E-state index contributed by atoms with van der Waals surface area (Å²) in [6.07, 6.45) is 0. The average Bonchev–Trinajstić information content (AvgIpc) is 2.66. The molecular weight excluding hydrogens is 246 g/mol. The molecule has 1 unspecified atom stereocenters. The largest absolute Gasteiger partial charge is 0.480 e. The SMILES string of the molecule is Cc1cc(Cl)ccc1C1N[C@@H](C(=O)O)CS1. The van der Waals surface area contributed by atoms with Crippen molar-refractivity contribution in [2.24, 2.45) is 0 Å². The van der Waals surface area contributed by atoms with Gasteiger partial charge in [0.25, 0.3) is 0 Å². The molecule has 1 heterocycles. The van der Waals surface area contributed by atoms with Crippen LogP contribution in [0.1, 0.15) is 16.5 Å². The lowest BCUT2D eigenvalue weighted by Crippen LogP contribution is -2.33. The number of nitrogens with one attached hydrogen (secondary N) is 1. The maximum absolute atomic E-state index is 10.8. The van der Waals surface area contributed by atoms with E-state index in [-0.39, 0.29) is 5.37 Å². The number of carboxylic acid groups (broad SMARTS) is 1. The molecular formula is C11H12ClNO2S. The first-order valence-corrected chi connectivity index (χ1v) is 6.37. The standard InChI is InChI=1S/C11H12ClNO2S/c1-6-4-7(12)2-3-8(6)10-13-9(5-16-10)11(14)15/h2-4,9-10,13H,5H2,1H3,(H,14,15)/t9-,10?/m1/s1. The Bertz CT molecular complexity index is 424. The molecule has 0 amide bonds. The molecule has 2 N–H and O–H groups in total. The monoisotopic (exact) mass is 257 g/mol. The van der Waals surface area contributed by atoms with Crippen molar-refractivity contribution in [2.45, 2.75) is 18.3 Å². The van der Waals surface area contributed by atoms with Crippen molar-refractivity contribution in [3.05, 3.63) is 34.3 Å². The van der Waals surface area contributed by atoms with Gasteiger partial charge in [-0.1, -0.05) is 17.7 Å². The third kappa shape index (κ3) is 2.34. The minimum Gasteiger partial charge on any atom is -0.480 e. The maximum Gasteiger partial charge on any atom is 0.321 e. The molecule has 1 saturated heterocycles. The summed E-state index contributed by atoms with van der Waals surface area (Å²) in [5.41, 5.74) is 2.20. The molecule has 0 spiro atoms. The van der Waals surface area contributed by atoms with Crippen LogP contribution in [0.15, 0.2) is 18.2 Å². The van der Waals surface area contributed by atoms with Gasteiger partial charge >= 0.3 is 5.97 Å². The Hall–Kier alpha value is -0.710. The van der Waals surface area contributed by atoms with Gasteiger partial charge < -0.3 is 5.11 Å². The molecule has 0 aliphatic carbocycles. The highest BCUT2D eigenvalue weighted by atomic mass is 35.5. The lowest BCUT2D eigenvalue weighted by atomic mass is 10.1. The number of rotatable bonds is 2. The lowest BCUT2D eigenvalue weighted by molar-refractivity contribution is -0.138. The van der Waals surface area contributed by atoms with E-state index >= 15 is 0 Å². The summed E-state index contributed by atoms with van der Waals surface area (Å²) in [5, 5.41) is 12.7. The fourth-order valence-corrected chi connectivity index (χ4v) is 3.28. The summed E-state index contributed by atoms with van der Waals surface area (Å²) < 4.78 is 0. The van der Waals surface area contributed by atoms with Crippen LogP contribution in [0.5, 0.6) is 0 Å². The average molecular weight is 258 g/mol. The van der Waals surface area contributed by atoms with Gasteiger partial charge in [0.2, 0.25) is 0 Å². The Labute approximate surface area is 103 Å². The zero-order chi connectivity index (χ0) is 11.7. The van der Waals surface area contributed by atoms with Crippen LogP contribution in [0.3, 0.4) is 0 Å². The lowest BCUT2D eigenvalue weighted by Gasteiger charge is -2.14. The summed E-state index contributed by atoms with van der Waals surface area (Å²) in [5.74, 6) is -0.191. The van der Waals surface area contributed by atoms with Crippen molar-refractivity contribution >= 4 is 29.3 Å². The maximum atomic E-state index is 10.8. The van der Waals surface area contributed by atoms with Gasteiger partial charge in [-0.2, -0.15) is 0 Å². The van der Waals surface area contributed by atoms with E-state index in [1.807, 2.05) is 25.1 Å². The molecule has 1 aliphatic heterocycles. The van der Waals surface area contributed by atoms with Crippen LogP contribution in [-0.4, -0.2) is 22.9 Å². The number of hydrogen-bond acceptors (Lipinski definition) is 3. The van der Waals surface area contributed by atoms with Gasteiger partial charge in [0.1, 0.15) is 6.04 Å². The number of carboxylic acids is 1. The highest BCUT2D eigenvalue weighted by Crippen LogP contribution is 2.35. The van der Waals surface area contributed by atoms with Crippen molar-refractivity contribution in [1.82, 2.24) is 5.32 Å². The first-order chi connectivity index (χ1) is 7.58. The van der Waals surface area contributed by atoms with Gasteiger partial charge in [0.15, 0.2) is 0 Å². The van der Waals surface area contributed by atoms with E-state index in [1.165, 1.54) is 0 Å². The summed E-state index contributed by atoms with van der Waals surface area (Å²) in [6.45, 7) is 1.98. The van der Waals surface area contributed by atoms with Crippen LogP contribution in [0.25, 0.3) is 0 Å². The van der Waals surface area contributed by atoms with Gasteiger partial charge in [-0.15, -0.1) is 11.8 Å². The van der Waals surface area contributed by atoms with Crippen molar-refractivity contribution in [2.75, 3.05) is 5.75 Å². The van der Waals surface area contributed by atoms with Crippen LogP contribution >= 0.6 is 23.4 Å². The Balaban J connectivity index is 2.17. The third-order valence-electron chi connectivity index (χ3n) is 2.59. The number of aliphatic carboxylic acids is 1. The molecule has 2 rings (SSSR count). The minimum atomic E-state index is -0.790.